The van der Waals surface area contributed by atoms with E-state index in [1.54, 1.807) is 24.5 Å². The minimum absolute atomic E-state index is 0.127. The molecule has 5 heteroatoms. The molecule has 4 rings (SSSR count). The predicted octanol–water partition coefficient (Wildman–Crippen LogP) is 4.88. The van der Waals surface area contributed by atoms with Crippen LogP contribution in [0.15, 0.2) is 73.1 Å². The molecular formula is C24H24N4O. The van der Waals surface area contributed by atoms with Gasteiger partial charge in [-0.25, -0.2) is 4.98 Å². The predicted molar refractivity (Wildman–Crippen MR) is 116 cm³/mol. The zero-order valence-electron chi connectivity index (χ0n) is 16.5. The highest BCUT2D eigenvalue weighted by atomic mass is 16.1. The first-order chi connectivity index (χ1) is 14.3. The summed E-state index contributed by atoms with van der Waals surface area (Å²) in [6.45, 7) is 3.14. The van der Waals surface area contributed by atoms with Gasteiger partial charge in [-0.3, -0.25) is 9.78 Å². The molecule has 1 amide bonds. The molecule has 0 radical (unpaired) electrons. The van der Waals surface area contributed by atoms with E-state index >= 15 is 0 Å². The standard InChI is InChI=1S/C24H24N4O/c1-2-17-28-22-10-6-5-9-21(22)26-23(28)12-11-18-7-3-4-8-20(18)27-24(29)19-13-15-25-16-14-19/h3-10,13-16H,2,11-12,17H2,1H3,(H,27,29). The lowest BCUT2D eigenvalue weighted by Gasteiger charge is -2.12. The SMILES string of the molecule is CCCn1c(CCc2ccccc2NC(=O)c2ccncc2)nc2ccccc21. The molecule has 0 aliphatic heterocycles. The van der Waals surface area contributed by atoms with E-state index in [-0.39, 0.29) is 5.91 Å². The van der Waals surface area contributed by atoms with Gasteiger partial charge in [0.1, 0.15) is 5.82 Å². The van der Waals surface area contributed by atoms with Gasteiger partial charge in [0, 0.05) is 36.6 Å². The van der Waals surface area contributed by atoms with Crippen molar-refractivity contribution in [3.63, 3.8) is 0 Å². The number of benzene rings is 2. The number of carbonyl (C=O) groups excluding carboxylic acids is 1. The molecule has 0 unspecified atom stereocenters. The summed E-state index contributed by atoms with van der Waals surface area (Å²) in [5.74, 6) is 0.960. The smallest absolute Gasteiger partial charge is 0.255 e. The van der Waals surface area contributed by atoms with Crippen LogP contribution in [0.25, 0.3) is 11.0 Å². The molecule has 0 atom stereocenters. The molecule has 29 heavy (non-hydrogen) atoms. The molecule has 1 N–H and O–H groups in total. The second kappa shape index (κ2) is 8.69. The number of hydrogen-bond donors (Lipinski definition) is 1. The molecule has 0 aliphatic carbocycles. The van der Waals surface area contributed by atoms with Crippen LogP contribution in [0.1, 0.15) is 35.1 Å². The topological polar surface area (TPSA) is 59.8 Å². The van der Waals surface area contributed by atoms with Gasteiger partial charge in [0.05, 0.1) is 11.0 Å². The molecule has 0 fully saturated rings. The average Bonchev–Trinajstić information content (AvgIpc) is 3.11. The Labute approximate surface area is 170 Å². The highest BCUT2D eigenvalue weighted by Gasteiger charge is 2.12. The Morgan fingerprint density at radius 1 is 0.966 bits per heavy atom. The number of hydrogen-bond acceptors (Lipinski definition) is 3. The number of amides is 1. The molecule has 4 aromatic rings. The van der Waals surface area contributed by atoms with Crippen LogP contribution in [0.2, 0.25) is 0 Å². The first-order valence-electron chi connectivity index (χ1n) is 9.99. The van der Waals surface area contributed by atoms with Gasteiger partial charge in [-0.1, -0.05) is 37.3 Å². The number of carbonyl (C=O) groups is 1. The largest absolute Gasteiger partial charge is 0.328 e. The van der Waals surface area contributed by atoms with Crippen molar-refractivity contribution in [1.82, 2.24) is 14.5 Å². The second-order valence-electron chi connectivity index (χ2n) is 7.02. The summed E-state index contributed by atoms with van der Waals surface area (Å²) < 4.78 is 2.31. The van der Waals surface area contributed by atoms with Gasteiger partial charge < -0.3 is 9.88 Å². The van der Waals surface area contributed by atoms with Crippen molar-refractivity contribution < 1.29 is 4.79 Å². The van der Waals surface area contributed by atoms with Gasteiger partial charge >= 0.3 is 0 Å². The number of rotatable bonds is 7. The molecule has 0 saturated carbocycles. The van der Waals surface area contributed by atoms with E-state index in [1.165, 1.54) is 5.52 Å². The normalized spacial score (nSPS) is 10.9. The number of fused-ring (bicyclic) bond motifs is 1. The van der Waals surface area contributed by atoms with Crippen molar-refractivity contribution in [3.8, 4) is 0 Å². The number of aryl methyl sites for hydroxylation is 3. The monoisotopic (exact) mass is 384 g/mol. The van der Waals surface area contributed by atoms with Crippen LogP contribution in [0.3, 0.4) is 0 Å². The quantitative estimate of drug-likeness (QED) is 0.494. The third-order valence-electron chi connectivity index (χ3n) is 5.01. The summed E-state index contributed by atoms with van der Waals surface area (Å²) in [7, 11) is 0. The molecule has 0 bridgehead atoms. The lowest BCUT2D eigenvalue weighted by Crippen LogP contribution is -2.14. The average molecular weight is 384 g/mol. The van der Waals surface area contributed by atoms with Crippen LogP contribution in [-0.2, 0) is 19.4 Å². The van der Waals surface area contributed by atoms with E-state index in [2.05, 4.69) is 46.1 Å². The maximum absolute atomic E-state index is 12.5. The molecule has 0 aliphatic rings. The van der Waals surface area contributed by atoms with Gasteiger partial charge in [-0.05, 0) is 48.7 Å². The van der Waals surface area contributed by atoms with Crippen LogP contribution in [-0.4, -0.2) is 20.4 Å². The number of aromatic nitrogens is 3. The van der Waals surface area contributed by atoms with Crippen molar-refractivity contribution in [2.45, 2.75) is 32.7 Å². The number of nitrogens with zero attached hydrogens (tertiary/aromatic N) is 3. The highest BCUT2D eigenvalue weighted by Crippen LogP contribution is 2.21. The van der Waals surface area contributed by atoms with Crippen LogP contribution in [0.4, 0.5) is 5.69 Å². The Morgan fingerprint density at radius 3 is 2.55 bits per heavy atom. The Hall–Kier alpha value is -3.47. The van der Waals surface area contributed by atoms with E-state index in [0.717, 1.165) is 48.4 Å². The van der Waals surface area contributed by atoms with E-state index in [0.29, 0.717) is 5.56 Å². The first kappa shape index (κ1) is 18.9. The number of imidazole rings is 1. The zero-order chi connectivity index (χ0) is 20.1. The van der Waals surface area contributed by atoms with Crippen LogP contribution in [0, 0.1) is 0 Å². The summed E-state index contributed by atoms with van der Waals surface area (Å²) >= 11 is 0. The number of nitrogens with one attached hydrogen (secondary N) is 1. The highest BCUT2D eigenvalue weighted by molar-refractivity contribution is 6.04. The molecule has 5 nitrogen and oxygen atoms in total. The molecular weight excluding hydrogens is 360 g/mol. The Bertz CT molecular complexity index is 1120. The summed E-state index contributed by atoms with van der Waals surface area (Å²) in [6, 6.07) is 19.7. The van der Waals surface area contributed by atoms with Crippen molar-refractivity contribution in [2.24, 2.45) is 0 Å². The van der Waals surface area contributed by atoms with E-state index < -0.39 is 0 Å². The maximum atomic E-state index is 12.5. The fraction of sp³-hybridized carbons (Fsp3) is 0.208. The second-order valence-corrected chi connectivity index (χ2v) is 7.02. The van der Waals surface area contributed by atoms with E-state index in [9.17, 15) is 4.79 Å². The lowest BCUT2D eigenvalue weighted by atomic mass is 10.1. The molecule has 2 aromatic carbocycles. The Kier molecular flexibility index (Phi) is 5.66. The van der Waals surface area contributed by atoms with Gasteiger partial charge in [0.2, 0.25) is 0 Å². The van der Waals surface area contributed by atoms with Crippen molar-refractivity contribution >= 4 is 22.6 Å². The van der Waals surface area contributed by atoms with E-state index in [1.807, 2.05) is 24.3 Å². The third-order valence-corrected chi connectivity index (χ3v) is 5.01. The number of anilines is 1. The van der Waals surface area contributed by atoms with Crippen molar-refractivity contribution in [1.29, 1.82) is 0 Å². The number of para-hydroxylation sites is 3. The molecule has 2 aromatic heterocycles. The summed E-state index contributed by atoms with van der Waals surface area (Å²) in [4.78, 5) is 21.4. The van der Waals surface area contributed by atoms with Crippen LogP contribution >= 0.6 is 0 Å². The lowest BCUT2D eigenvalue weighted by molar-refractivity contribution is 0.102. The molecule has 2 heterocycles. The molecule has 0 saturated heterocycles. The van der Waals surface area contributed by atoms with Crippen LogP contribution in [0.5, 0.6) is 0 Å². The zero-order valence-corrected chi connectivity index (χ0v) is 16.5. The van der Waals surface area contributed by atoms with Crippen molar-refractivity contribution in [3.05, 3.63) is 90.0 Å². The Morgan fingerprint density at radius 2 is 1.72 bits per heavy atom. The fourth-order valence-corrected chi connectivity index (χ4v) is 3.59. The van der Waals surface area contributed by atoms with Crippen molar-refractivity contribution in [2.75, 3.05) is 5.32 Å². The summed E-state index contributed by atoms with van der Waals surface area (Å²) in [5, 5.41) is 3.04. The summed E-state index contributed by atoms with van der Waals surface area (Å²) in [6.07, 6.45) is 5.93. The third kappa shape index (κ3) is 4.19. The molecule has 146 valence electrons. The summed E-state index contributed by atoms with van der Waals surface area (Å²) in [5.41, 5.74) is 4.76. The van der Waals surface area contributed by atoms with Gasteiger partial charge in [0.15, 0.2) is 0 Å². The van der Waals surface area contributed by atoms with Gasteiger partial charge in [0.25, 0.3) is 5.91 Å². The molecule has 0 spiro atoms. The van der Waals surface area contributed by atoms with Crippen LogP contribution < -0.4 is 5.32 Å². The number of pyridine rings is 1. The minimum Gasteiger partial charge on any atom is -0.328 e. The van der Waals surface area contributed by atoms with Gasteiger partial charge in [-0.2, -0.15) is 0 Å². The van der Waals surface area contributed by atoms with Gasteiger partial charge in [-0.15, -0.1) is 0 Å². The minimum atomic E-state index is -0.127. The fourth-order valence-electron chi connectivity index (χ4n) is 3.59. The Balaban J connectivity index is 1.55. The maximum Gasteiger partial charge on any atom is 0.255 e. The van der Waals surface area contributed by atoms with E-state index in [4.69, 9.17) is 4.98 Å². The first-order valence-corrected chi connectivity index (χ1v) is 9.99.